The highest BCUT2D eigenvalue weighted by Crippen LogP contribution is 2.14. The van der Waals surface area contributed by atoms with Gasteiger partial charge in [0.25, 0.3) is 5.91 Å². The molecule has 0 radical (unpaired) electrons. The van der Waals surface area contributed by atoms with E-state index in [0.29, 0.717) is 12.2 Å². The fraction of sp³-hybridized carbons (Fsp3) is 0.417. The van der Waals surface area contributed by atoms with Gasteiger partial charge in [0.15, 0.2) is 0 Å². The van der Waals surface area contributed by atoms with Crippen LogP contribution >= 0.6 is 0 Å². The zero-order chi connectivity index (χ0) is 13.7. The molecule has 0 aliphatic rings. The van der Waals surface area contributed by atoms with Gasteiger partial charge >= 0.3 is 0 Å². The first-order valence-electron chi connectivity index (χ1n) is 5.69. The summed E-state index contributed by atoms with van der Waals surface area (Å²) >= 11 is 0. The number of pyridine rings is 1. The summed E-state index contributed by atoms with van der Waals surface area (Å²) in [5.41, 5.74) is 6.69. The van der Waals surface area contributed by atoms with Crippen LogP contribution in [0.4, 0.5) is 5.69 Å². The second-order valence-corrected chi connectivity index (χ2v) is 4.22. The first-order valence-corrected chi connectivity index (χ1v) is 5.69. The summed E-state index contributed by atoms with van der Waals surface area (Å²) in [5.74, 6) is -0.0982. The van der Waals surface area contributed by atoms with Gasteiger partial charge in [-0.3, -0.25) is 15.2 Å². The number of anilines is 1. The number of hydrogen-bond donors (Lipinski definition) is 3. The quantitative estimate of drug-likeness (QED) is 0.521. The molecule has 0 bridgehead atoms. The number of rotatable bonds is 5. The predicted molar refractivity (Wildman–Crippen MR) is 72.0 cm³/mol. The molecule has 1 heterocycles. The van der Waals surface area contributed by atoms with Gasteiger partial charge in [-0.2, -0.15) is 0 Å². The highest BCUT2D eigenvalue weighted by molar-refractivity contribution is 5.92. The largest absolute Gasteiger partial charge is 0.387 e. The lowest BCUT2D eigenvalue weighted by Gasteiger charge is -2.23. The molecule has 1 amide bonds. The number of nitrogens with two attached hydrogens (primary N) is 1. The van der Waals surface area contributed by atoms with Crippen LogP contribution in [0.25, 0.3) is 0 Å². The second-order valence-electron chi connectivity index (χ2n) is 4.22. The molecule has 0 aliphatic heterocycles. The number of carbonyl (C=O) groups is 1. The van der Waals surface area contributed by atoms with Crippen LogP contribution in [0, 0.1) is 11.3 Å². The van der Waals surface area contributed by atoms with Gasteiger partial charge in [-0.05, 0) is 12.1 Å². The Morgan fingerprint density at radius 2 is 2.33 bits per heavy atom. The van der Waals surface area contributed by atoms with Crippen molar-refractivity contribution < 1.29 is 4.79 Å². The summed E-state index contributed by atoms with van der Waals surface area (Å²) in [6, 6.07) is 3.53. The number of nitrogens with zero attached hydrogens (tertiary/aromatic N) is 2. The number of carbonyl (C=O) groups excluding carboxylic acids is 1. The topological polar surface area (TPSA) is 95.1 Å². The van der Waals surface area contributed by atoms with E-state index in [9.17, 15) is 4.79 Å². The summed E-state index contributed by atoms with van der Waals surface area (Å²) in [4.78, 5) is 17.4. The highest BCUT2D eigenvalue weighted by atomic mass is 16.1. The van der Waals surface area contributed by atoms with Crippen molar-refractivity contribution in [3.8, 4) is 0 Å². The van der Waals surface area contributed by atoms with Crippen LogP contribution in [0.5, 0.6) is 0 Å². The third kappa shape index (κ3) is 3.44. The van der Waals surface area contributed by atoms with Crippen molar-refractivity contribution in [1.29, 1.82) is 5.41 Å². The number of hydrogen-bond acceptors (Lipinski definition) is 4. The molecule has 6 nitrogen and oxygen atoms in total. The van der Waals surface area contributed by atoms with Gasteiger partial charge in [0, 0.05) is 38.4 Å². The van der Waals surface area contributed by atoms with Crippen molar-refractivity contribution in [3.63, 3.8) is 0 Å². The number of amidine groups is 1. The van der Waals surface area contributed by atoms with Gasteiger partial charge in [-0.25, -0.2) is 0 Å². The fourth-order valence-corrected chi connectivity index (χ4v) is 1.52. The summed E-state index contributed by atoms with van der Waals surface area (Å²) in [6.07, 6.45) is 1.59. The van der Waals surface area contributed by atoms with Gasteiger partial charge in [0.05, 0.1) is 5.84 Å². The zero-order valence-electron chi connectivity index (χ0n) is 10.9. The van der Waals surface area contributed by atoms with Crippen molar-refractivity contribution in [1.82, 2.24) is 10.3 Å². The predicted octanol–water partition coefficient (Wildman–Crippen LogP) is 0.449. The maximum Gasteiger partial charge on any atom is 0.269 e. The monoisotopic (exact) mass is 249 g/mol. The Morgan fingerprint density at radius 3 is 2.89 bits per heavy atom. The van der Waals surface area contributed by atoms with E-state index < -0.39 is 0 Å². The smallest absolute Gasteiger partial charge is 0.269 e. The maximum atomic E-state index is 11.5. The summed E-state index contributed by atoms with van der Waals surface area (Å²) in [5, 5.41) is 9.90. The van der Waals surface area contributed by atoms with Gasteiger partial charge in [-0.1, -0.05) is 6.92 Å². The Hall–Kier alpha value is -2.11. The van der Waals surface area contributed by atoms with Crippen LogP contribution in [0.2, 0.25) is 0 Å². The average Bonchev–Trinajstić information content (AvgIpc) is 2.37. The van der Waals surface area contributed by atoms with Crippen molar-refractivity contribution in [2.24, 2.45) is 11.7 Å². The lowest BCUT2D eigenvalue weighted by Crippen LogP contribution is -2.32. The van der Waals surface area contributed by atoms with Crippen molar-refractivity contribution in [3.05, 3.63) is 24.0 Å². The van der Waals surface area contributed by atoms with E-state index >= 15 is 0 Å². The van der Waals surface area contributed by atoms with Crippen LogP contribution in [0.15, 0.2) is 18.3 Å². The Bertz CT molecular complexity index is 446. The maximum absolute atomic E-state index is 11.5. The van der Waals surface area contributed by atoms with Gasteiger partial charge in [0.2, 0.25) is 0 Å². The molecule has 0 saturated carbocycles. The molecule has 1 aromatic heterocycles. The van der Waals surface area contributed by atoms with E-state index in [-0.39, 0.29) is 17.7 Å². The molecular formula is C12H19N5O. The van der Waals surface area contributed by atoms with Crippen molar-refractivity contribution in [2.75, 3.05) is 25.5 Å². The Kier molecular flexibility index (Phi) is 4.65. The minimum Gasteiger partial charge on any atom is -0.387 e. The first-order chi connectivity index (χ1) is 8.45. The van der Waals surface area contributed by atoms with E-state index in [0.717, 1.165) is 5.69 Å². The van der Waals surface area contributed by atoms with E-state index in [4.69, 9.17) is 11.1 Å². The Balaban J connectivity index is 2.83. The molecule has 0 aliphatic carbocycles. The highest BCUT2D eigenvalue weighted by Gasteiger charge is 2.12. The number of nitrogens with one attached hydrogen (secondary N) is 2. The molecule has 0 fully saturated rings. The molecule has 1 unspecified atom stereocenters. The summed E-state index contributed by atoms with van der Waals surface area (Å²) < 4.78 is 0. The Morgan fingerprint density at radius 1 is 1.67 bits per heavy atom. The second kappa shape index (κ2) is 6.00. The average molecular weight is 249 g/mol. The summed E-state index contributed by atoms with van der Waals surface area (Å²) in [6.45, 7) is 2.51. The molecule has 0 aromatic carbocycles. The molecule has 98 valence electrons. The number of amides is 1. The lowest BCUT2D eigenvalue weighted by atomic mass is 10.1. The number of aromatic nitrogens is 1. The van der Waals surface area contributed by atoms with E-state index in [1.807, 2.05) is 24.9 Å². The third-order valence-electron chi connectivity index (χ3n) is 2.72. The van der Waals surface area contributed by atoms with Gasteiger partial charge < -0.3 is 16.0 Å². The Labute approximate surface area is 107 Å². The standard InChI is InChI=1S/C12H19N5O/c1-8(11(13)14)7-17(3)9-4-5-16-10(6-9)12(18)15-2/h4-6,8H,7H2,1-3H3,(H3,13,14)(H,15,18). The summed E-state index contributed by atoms with van der Waals surface area (Å²) in [7, 11) is 3.46. The SMILES string of the molecule is CNC(=O)c1cc(N(C)CC(C)C(=N)N)ccn1. The van der Waals surface area contributed by atoms with Gasteiger partial charge in [-0.15, -0.1) is 0 Å². The van der Waals surface area contributed by atoms with Crippen LogP contribution in [0.3, 0.4) is 0 Å². The first kappa shape index (κ1) is 14.0. The normalized spacial score (nSPS) is 11.7. The molecule has 0 spiro atoms. The molecule has 1 rings (SSSR count). The molecule has 6 heteroatoms. The van der Waals surface area contributed by atoms with Crippen LogP contribution in [-0.2, 0) is 0 Å². The molecular weight excluding hydrogens is 230 g/mol. The minimum atomic E-state index is -0.218. The fourth-order valence-electron chi connectivity index (χ4n) is 1.52. The van der Waals surface area contributed by atoms with Crippen LogP contribution in [-0.4, -0.2) is 37.4 Å². The third-order valence-corrected chi connectivity index (χ3v) is 2.72. The lowest BCUT2D eigenvalue weighted by molar-refractivity contribution is 0.0958. The molecule has 0 saturated heterocycles. The zero-order valence-corrected chi connectivity index (χ0v) is 10.9. The molecule has 18 heavy (non-hydrogen) atoms. The molecule has 4 N–H and O–H groups in total. The van der Waals surface area contributed by atoms with Crippen LogP contribution in [0.1, 0.15) is 17.4 Å². The van der Waals surface area contributed by atoms with Crippen molar-refractivity contribution in [2.45, 2.75) is 6.92 Å². The van der Waals surface area contributed by atoms with Gasteiger partial charge in [0.1, 0.15) is 5.69 Å². The molecule has 1 atom stereocenters. The van der Waals surface area contributed by atoms with E-state index in [2.05, 4.69) is 10.3 Å². The minimum absolute atomic E-state index is 0.0355. The van der Waals surface area contributed by atoms with E-state index in [1.165, 1.54) is 0 Å². The van der Waals surface area contributed by atoms with Crippen molar-refractivity contribution >= 4 is 17.4 Å². The van der Waals surface area contributed by atoms with E-state index in [1.54, 1.807) is 19.3 Å². The van der Waals surface area contributed by atoms with Crippen LogP contribution < -0.4 is 16.0 Å². The molecule has 1 aromatic rings.